The number of carbonyl (C=O) groups excluding carboxylic acids is 2. The predicted octanol–water partition coefficient (Wildman–Crippen LogP) is 4.58. The first kappa shape index (κ1) is 22.0. The van der Waals surface area contributed by atoms with E-state index < -0.39 is 0 Å². The van der Waals surface area contributed by atoms with Crippen LogP contribution in [0.5, 0.6) is 0 Å². The molecule has 164 valence electrons. The highest BCUT2D eigenvalue weighted by atomic mass is 79.9. The fraction of sp³-hybridized carbons (Fsp3) is 0.240. The maximum atomic E-state index is 12.8. The lowest BCUT2D eigenvalue weighted by Crippen LogP contribution is -2.40. The van der Waals surface area contributed by atoms with Crippen LogP contribution in [0.3, 0.4) is 0 Å². The molecule has 4 rings (SSSR count). The average molecular weight is 493 g/mol. The van der Waals surface area contributed by atoms with E-state index in [1.807, 2.05) is 66.7 Å². The molecular weight excluding hydrogens is 468 g/mol. The lowest BCUT2D eigenvalue weighted by Gasteiger charge is -2.30. The van der Waals surface area contributed by atoms with Crippen molar-refractivity contribution >= 4 is 39.6 Å². The van der Waals surface area contributed by atoms with Gasteiger partial charge in [-0.3, -0.25) is 9.59 Å². The molecule has 0 radical (unpaired) electrons. The quantitative estimate of drug-likeness (QED) is 0.511. The van der Waals surface area contributed by atoms with Crippen LogP contribution in [0.15, 0.2) is 77.4 Å². The van der Waals surface area contributed by atoms with Gasteiger partial charge in [0.15, 0.2) is 0 Å². The molecule has 1 aliphatic heterocycles. The summed E-state index contributed by atoms with van der Waals surface area (Å²) in [5.41, 5.74) is 2.10. The molecule has 0 bridgehead atoms. The number of anilines is 1. The van der Waals surface area contributed by atoms with Crippen LogP contribution in [0.1, 0.15) is 24.0 Å². The van der Waals surface area contributed by atoms with Gasteiger partial charge in [0, 0.05) is 35.6 Å². The summed E-state index contributed by atoms with van der Waals surface area (Å²) in [6.07, 6.45) is 6.42. The fourth-order valence-electron chi connectivity index (χ4n) is 3.76. The first-order chi connectivity index (χ1) is 15.6. The number of nitrogens with zero attached hydrogens (tertiary/aromatic N) is 3. The Hall–Kier alpha value is -3.19. The van der Waals surface area contributed by atoms with Crippen molar-refractivity contribution in [2.45, 2.75) is 19.4 Å². The summed E-state index contributed by atoms with van der Waals surface area (Å²) >= 11 is 3.44. The van der Waals surface area contributed by atoms with Gasteiger partial charge >= 0.3 is 0 Å². The van der Waals surface area contributed by atoms with E-state index >= 15 is 0 Å². The van der Waals surface area contributed by atoms with Gasteiger partial charge in [0.1, 0.15) is 5.82 Å². The van der Waals surface area contributed by atoms with Crippen molar-refractivity contribution in [1.29, 1.82) is 0 Å². The lowest BCUT2D eigenvalue weighted by molar-refractivity contribution is -0.130. The Labute approximate surface area is 196 Å². The number of halogens is 1. The summed E-state index contributed by atoms with van der Waals surface area (Å²) < 4.78 is 2.81. The van der Waals surface area contributed by atoms with Crippen LogP contribution < -0.4 is 5.32 Å². The molecule has 0 saturated carbocycles. The Morgan fingerprint density at radius 1 is 1.03 bits per heavy atom. The summed E-state index contributed by atoms with van der Waals surface area (Å²) in [5, 5.41) is 7.36. The van der Waals surface area contributed by atoms with Gasteiger partial charge in [0.05, 0.1) is 12.7 Å². The van der Waals surface area contributed by atoms with Crippen molar-refractivity contribution in [3.05, 3.63) is 88.5 Å². The van der Waals surface area contributed by atoms with Gasteiger partial charge in [-0.2, -0.15) is 5.10 Å². The highest BCUT2D eigenvalue weighted by Crippen LogP contribution is 2.21. The van der Waals surface area contributed by atoms with Crippen LogP contribution in [-0.2, 0) is 16.1 Å². The highest BCUT2D eigenvalue weighted by molar-refractivity contribution is 9.10. The van der Waals surface area contributed by atoms with Crippen LogP contribution in [0.4, 0.5) is 5.82 Å². The normalized spacial score (nSPS) is 14.6. The Bertz CT molecular complexity index is 1080. The van der Waals surface area contributed by atoms with Crippen LogP contribution >= 0.6 is 15.9 Å². The molecule has 1 fully saturated rings. The second-order valence-electron chi connectivity index (χ2n) is 7.83. The van der Waals surface area contributed by atoms with E-state index in [1.54, 1.807) is 21.9 Å². The SMILES string of the molecule is O=C(Nc1ccnn1Cc1ccc(Br)cc1)C1CCN(C(=O)/C=C/c2ccccc2)CC1. The van der Waals surface area contributed by atoms with Gasteiger partial charge in [0.2, 0.25) is 11.8 Å². The zero-order valence-corrected chi connectivity index (χ0v) is 19.2. The summed E-state index contributed by atoms with van der Waals surface area (Å²) in [6, 6.07) is 19.6. The summed E-state index contributed by atoms with van der Waals surface area (Å²) in [6.45, 7) is 1.74. The second-order valence-corrected chi connectivity index (χ2v) is 8.75. The maximum Gasteiger partial charge on any atom is 0.246 e. The fourth-order valence-corrected chi connectivity index (χ4v) is 4.02. The molecule has 2 aromatic carbocycles. The number of carbonyl (C=O) groups is 2. The van der Waals surface area contributed by atoms with Crippen LogP contribution in [0.25, 0.3) is 6.08 Å². The minimum Gasteiger partial charge on any atom is -0.339 e. The standard InChI is InChI=1S/C25H25BrN4O2/c26-22-9-6-20(7-10-22)18-30-23(12-15-27-30)28-25(32)21-13-16-29(17-14-21)24(31)11-8-19-4-2-1-3-5-19/h1-12,15,21H,13-14,16-18H2,(H,28,32)/b11-8+. The molecule has 7 heteroatoms. The van der Waals surface area contributed by atoms with Gasteiger partial charge in [-0.05, 0) is 42.2 Å². The molecule has 1 saturated heterocycles. The molecule has 0 atom stereocenters. The number of aromatic nitrogens is 2. The zero-order chi connectivity index (χ0) is 22.3. The van der Waals surface area contributed by atoms with Crippen molar-refractivity contribution in [3.63, 3.8) is 0 Å². The molecule has 2 heterocycles. The molecule has 0 aliphatic carbocycles. The molecular formula is C25H25BrN4O2. The van der Waals surface area contributed by atoms with E-state index in [-0.39, 0.29) is 17.7 Å². The number of rotatable bonds is 6. The smallest absolute Gasteiger partial charge is 0.246 e. The van der Waals surface area contributed by atoms with Gasteiger partial charge in [0.25, 0.3) is 0 Å². The van der Waals surface area contributed by atoms with Crippen LogP contribution in [0, 0.1) is 5.92 Å². The van der Waals surface area contributed by atoms with E-state index in [2.05, 4.69) is 26.3 Å². The number of nitrogens with one attached hydrogen (secondary N) is 1. The van der Waals surface area contributed by atoms with E-state index in [9.17, 15) is 9.59 Å². The van der Waals surface area contributed by atoms with E-state index in [0.717, 1.165) is 15.6 Å². The number of likely N-dealkylation sites (tertiary alicyclic amines) is 1. The molecule has 2 amide bonds. The Morgan fingerprint density at radius 2 is 1.75 bits per heavy atom. The molecule has 6 nitrogen and oxygen atoms in total. The molecule has 0 spiro atoms. The molecule has 1 aromatic heterocycles. The van der Waals surface area contributed by atoms with E-state index in [4.69, 9.17) is 0 Å². The van der Waals surface area contributed by atoms with E-state index in [1.165, 1.54) is 0 Å². The molecule has 0 unspecified atom stereocenters. The van der Waals surface area contributed by atoms with Gasteiger partial charge in [-0.15, -0.1) is 0 Å². The molecule has 1 N–H and O–H groups in total. The van der Waals surface area contributed by atoms with Crippen molar-refractivity contribution in [2.75, 3.05) is 18.4 Å². The molecule has 3 aromatic rings. The number of hydrogen-bond acceptors (Lipinski definition) is 3. The number of piperidine rings is 1. The Balaban J connectivity index is 1.29. The summed E-state index contributed by atoms with van der Waals surface area (Å²) in [4.78, 5) is 27.1. The van der Waals surface area contributed by atoms with Crippen molar-refractivity contribution in [3.8, 4) is 0 Å². The van der Waals surface area contributed by atoms with Crippen LogP contribution in [0.2, 0.25) is 0 Å². The van der Waals surface area contributed by atoms with Crippen molar-refractivity contribution in [1.82, 2.24) is 14.7 Å². The largest absolute Gasteiger partial charge is 0.339 e. The van der Waals surface area contributed by atoms with Gasteiger partial charge in [-0.25, -0.2) is 4.68 Å². The Kier molecular flexibility index (Phi) is 7.17. The average Bonchev–Trinajstić information content (AvgIpc) is 3.26. The highest BCUT2D eigenvalue weighted by Gasteiger charge is 2.27. The topological polar surface area (TPSA) is 67.2 Å². The molecule has 32 heavy (non-hydrogen) atoms. The number of hydrogen-bond donors (Lipinski definition) is 1. The minimum atomic E-state index is -0.117. The minimum absolute atomic E-state index is 0.0136. The zero-order valence-electron chi connectivity index (χ0n) is 17.7. The van der Waals surface area contributed by atoms with Crippen molar-refractivity contribution in [2.24, 2.45) is 5.92 Å². The first-order valence-corrected chi connectivity index (χ1v) is 11.5. The van der Waals surface area contributed by atoms with Crippen LogP contribution in [-0.4, -0.2) is 39.6 Å². The maximum absolute atomic E-state index is 12.8. The van der Waals surface area contributed by atoms with Gasteiger partial charge < -0.3 is 10.2 Å². The lowest BCUT2D eigenvalue weighted by atomic mass is 9.96. The summed E-state index contributed by atoms with van der Waals surface area (Å²) in [7, 11) is 0. The third-order valence-electron chi connectivity index (χ3n) is 5.61. The summed E-state index contributed by atoms with van der Waals surface area (Å²) in [5.74, 6) is 0.533. The third-order valence-corrected chi connectivity index (χ3v) is 6.14. The van der Waals surface area contributed by atoms with Crippen molar-refractivity contribution < 1.29 is 9.59 Å². The number of benzene rings is 2. The Morgan fingerprint density at radius 3 is 2.47 bits per heavy atom. The van der Waals surface area contributed by atoms with Gasteiger partial charge in [-0.1, -0.05) is 58.4 Å². The second kappa shape index (κ2) is 10.4. The molecule has 1 aliphatic rings. The number of amides is 2. The first-order valence-electron chi connectivity index (χ1n) is 10.7. The monoisotopic (exact) mass is 492 g/mol. The third kappa shape index (κ3) is 5.73. The van der Waals surface area contributed by atoms with E-state index in [0.29, 0.717) is 38.3 Å². The predicted molar refractivity (Wildman–Crippen MR) is 129 cm³/mol.